The summed E-state index contributed by atoms with van der Waals surface area (Å²) in [6.07, 6.45) is 2.36. The number of aliphatic hydroxyl groups excluding tert-OH is 1. The van der Waals surface area contributed by atoms with Gasteiger partial charge in [-0.1, -0.05) is 29.8 Å². The number of benzene rings is 2. The van der Waals surface area contributed by atoms with Gasteiger partial charge in [0.1, 0.15) is 5.75 Å². The standard InChI is InChI=1S/C20H22ClN3O2/c1-13(2)23-20-22-12-14-10-16(15-6-3-4-7-17(15)21)19(11-18(14)24-20)26-9-5-8-25/h3-4,6-7,10-13,25H,5,8-9H2,1-2H3,(H,22,23,24). The second kappa shape index (κ2) is 8.34. The van der Waals surface area contributed by atoms with E-state index >= 15 is 0 Å². The highest BCUT2D eigenvalue weighted by molar-refractivity contribution is 6.33. The molecule has 1 aromatic heterocycles. The first-order valence-electron chi connectivity index (χ1n) is 8.64. The van der Waals surface area contributed by atoms with Crippen molar-refractivity contribution in [3.8, 4) is 16.9 Å². The third-order valence-electron chi connectivity index (χ3n) is 3.82. The van der Waals surface area contributed by atoms with Crippen LogP contribution in [0.5, 0.6) is 5.75 Å². The molecule has 26 heavy (non-hydrogen) atoms. The predicted molar refractivity (Wildman–Crippen MR) is 106 cm³/mol. The zero-order valence-corrected chi connectivity index (χ0v) is 15.6. The van der Waals surface area contributed by atoms with E-state index in [0.717, 1.165) is 22.0 Å². The maximum Gasteiger partial charge on any atom is 0.223 e. The van der Waals surface area contributed by atoms with Gasteiger partial charge in [0, 0.05) is 52.9 Å². The molecule has 0 bridgehead atoms. The van der Waals surface area contributed by atoms with E-state index in [0.29, 0.717) is 29.7 Å². The first kappa shape index (κ1) is 18.4. The summed E-state index contributed by atoms with van der Waals surface area (Å²) in [6.45, 7) is 4.58. The Morgan fingerprint density at radius 1 is 1.19 bits per heavy atom. The molecule has 136 valence electrons. The average molecular weight is 372 g/mol. The minimum absolute atomic E-state index is 0.0830. The van der Waals surface area contributed by atoms with Gasteiger partial charge < -0.3 is 15.2 Å². The van der Waals surface area contributed by atoms with Crippen molar-refractivity contribution in [2.45, 2.75) is 26.3 Å². The molecule has 0 radical (unpaired) electrons. The quantitative estimate of drug-likeness (QED) is 0.597. The Balaban J connectivity index is 2.09. The summed E-state index contributed by atoms with van der Waals surface area (Å²) in [5.74, 6) is 1.27. The van der Waals surface area contributed by atoms with Gasteiger partial charge in [-0.2, -0.15) is 0 Å². The fourth-order valence-electron chi connectivity index (χ4n) is 2.64. The topological polar surface area (TPSA) is 67.3 Å². The molecular weight excluding hydrogens is 350 g/mol. The van der Waals surface area contributed by atoms with Crippen molar-refractivity contribution in [1.82, 2.24) is 9.97 Å². The summed E-state index contributed by atoms with van der Waals surface area (Å²) in [5.41, 5.74) is 2.56. The lowest BCUT2D eigenvalue weighted by Crippen LogP contribution is -2.12. The third-order valence-corrected chi connectivity index (χ3v) is 4.15. The highest BCUT2D eigenvalue weighted by Gasteiger charge is 2.13. The lowest BCUT2D eigenvalue weighted by atomic mass is 10.0. The van der Waals surface area contributed by atoms with E-state index in [4.69, 9.17) is 21.4 Å². The molecule has 0 fully saturated rings. The van der Waals surface area contributed by atoms with Crippen LogP contribution in [0.25, 0.3) is 22.0 Å². The van der Waals surface area contributed by atoms with E-state index in [2.05, 4.69) is 15.3 Å². The fourth-order valence-corrected chi connectivity index (χ4v) is 2.88. The van der Waals surface area contributed by atoms with Gasteiger partial charge in [0.25, 0.3) is 0 Å². The number of rotatable bonds is 7. The highest BCUT2D eigenvalue weighted by Crippen LogP contribution is 2.37. The molecule has 0 atom stereocenters. The summed E-state index contributed by atoms with van der Waals surface area (Å²) in [6, 6.07) is 11.8. The second-order valence-electron chi connectivity index (χ2n) is 6.31. The summed E-state index contributed by atoms with van der Waals surface area (Å²) in [4.78, 5) is 8.96. The van der Waals surface area contributed by atoms with E-state index in [9.17, 15) is 0 Å². The van der Waals surface area contributed by atoms with E-state index in [1.165, 1.54) is 0 Å². The largest absolute Gasteiger partial charge is 0.493 e. The zero-order chi connectivity index (χ0) is 18.5. The Bertz CT molecular complexity index is 899. The Morgan fingerprint density at radius 3 is 2.73 bits per heavy atom. The van der Waals surface area contributed by atoms with Gasteiger partial charge in [0.15, 0.2) is 0 Å². The van der Waals surface area contributed by atoms with Crippen LogP contribution in [-0.2, 0) is 0 Å². The molecule has 5 nitrogen and oxygen atoms in total. The second-order valence-corrected chi connectivity index (χ2v) is 6.71. The molecule has 0 saturated carbocycles. The number of aliphatic hydroxyl groups is 1. The highest BCUT2D eigenvalue weighted by atomic mass is 35.5. The number of halogens is 1. The van der Waals surface area contributed by atoms with Crippen LogP contribution in [0.4, 0.5) is 5.95 Å². The monoisotopic (exact) mass is 371 g/mol. The molecule has 0 aliphatic rings. The summed E-state index contributed by atoms with van der Waals surface area (Å²) in [5, 5.41) is 13.8. The molecule has 6 heteroatoms. The fraction of sp³-hybridized carbons (Fsp3) is 0.300. The van der Waals surface area contributed by atoms with Crippen LogP contribution in [0.1, 0.15) is 20.3 Å². The van der Waals surface area contributed by atoms with Gasteiger partial charge in [0.05, 0.1) is 12.1 Å². The molecule has 2 aromatic carbocycles. The predicted octanol–water partition coefficient (Wildman–Crippen LogP) is 4.53. The Hall–Kier alpha value is -2.37. The number of ether oxygens (including phenoxy) is 1. The zero-order valence-electron chi connectivity index (χ0n) is 14.9. The number of nitrogens with one attached hydrogen (secondary N) is 1. The van der Waals surface area contributed by atoms with Gasteiger partial charge >= 0.3 is 0 Å². The maximum atomic E-state index is 9.04. The molecule has 3 rings (SSSR count). The van der Waals surface area contributed by atoms with Crippen molar-refractivity contribution in [3.63, 3.8) is 0 Å². The molecule has 2 N–H and O–H groups in total. The SMILES string of the molecule is CC(C)Nc1ncc2cc(-c3ccccc3Cl)c(OCCCO)cc2n1. The first-order valence-corrected chi connectivity index (χ1v) is 9.02. The molecule has 0 unspecified atom stereocenters. The Kier molecular flexibility index (Phi) is 5.91. The van der Waals surface area contributed by atoms with Crippen LogP contribution in [0, 0.1) is 0 Å². The molecular formula is C20H22ClN3O2. The molecule has 3 aromatic rings. The average Bonchev–Trinajstić information content (AvgIpc) is 2.61. The van der Waals surface area contributed by atoms with Crippen LogP contribution >= 0.6 is 11.6 Å². The van der Waals surface area contributed by atoms with E-state index in [1.807, 2.05) is 50.2 Å². The number of hydrogen-bond donors (Lipinski definition) is 2. The lowest BCUT2D eigenvalue weighted by molar-refractivity contribution is 0.234. The van der Waals surface area contributed by atoms with Crippen LogP contribution in [0.3, 0.4) is 0 Å². The number of fused-ring (bicyclic) bond motifs is 1. The van der Waals surface area contributed by atoms with Crippen molar-refractivity contribution in [2.24, 2.45) is 0 Å². The third kappa shape index (κ3) is 4.23. The van der Waals surface area contributed by atoms with Gasteiger partial charge in [-0.05, 0) is 26.0 Å². The van der Waals surface area contributed by atoms with Crippen LogP contribution < -0.4 is 10.1 Å². The van der Waals surface area contributed by atoms with Crippen LogP contribution in [-0.4, -0.2) is 34.3 Å². The number of anilines is 1. The number of aromatic nitrogens is 2. The molecule has 1 heterocycles. The summed E-state index contributed by atoms with van der Waals surface area (Å²) < 4.78 is 5.92. The van der Waals surface area contributed by atoms with E-state index in [1.54, 1.807) is 6.20 Å². The van der Waals surface area contributed by atoms with Crippen LogP contribution in [0.2, 0.25) is 5.02 Å². The minimum atomic E-state index is 0.0830. The van der Waals surface area contributed by atoms with Gasteiger partial charge in [-0.15, -0.1) is 0 Å². The van der Waals surface area contributed by atoms with Gasteiger partial charge in [-0.3, -0.25) is 0 Å². The maximum absolute atomic E-state index is 9.04. The lowest BCUT2D eigenvalue weighted by Gasteiger charge is -2.15. The molecule has 0 saturated heterocycles. The van der Waals surface area contributed by atoms with E-state index in [-0.39, 0.29) is 12.6 Å². The van der Waals surface area contributed by atoms with Crippen molar-refractivity contribution in [2.75, 3.05) is 18.5 Å². The van der Waals surface area contributed by atoms with Crippen molar-refractivity contribution in [1.29, 1.82) is 0 Å². The van der Waals surface area contributed by atoms with Crippen molar-refractivity contribution in [3.05, 3.63) is 47.6 Å². The minimum Gasteiger partial charge on any atom is -0.493 e. The van der Waals surface area contributed by atoms with Gasteiger partial charge in [0.2, 0.25) is 5.95 Å². The Morgan fingerprint density at radius 2 is 2.00 bits per heavy atom. The summed E-state index contributed by atoms with van der Waals surface area (Å²) in [7, 11) is 0. The Labute approximate surface area is 158 Å². The van der Waals surface area contributed by atoms with Crippen LogP contribution in [0.15, 0.2) is 42.6 Å². The number of nitrogens with zero attached hydrogens (tertiary/aromatic N) is 2. The molecule has 0 aliphatic carbocycles. The molecule has 0 spiro atoms. The molecule has 0 aliphatic heterocycles. The smallest absolute Gasteiger partial charge is 0.223 e. The van der Waals surface area contributed by atoms with Crippen molar-refractivity contribution >= 4 is 28.5 Å². The molecule has 0 amide bonds. The normalized spacial score (nSPS) is 11.1. The van der Waals surface area contributed by atoms with Gasteiger partial charge in [-0.25, -0.2) is 9.97 Å². The summed E-state index contributed by atoms with van der Waals surface area (Å²) >= 11 is 6.39. The van der Waals surface area contributed by atoms with E-state index < -0.39 is 0 Å². The number of hydrogen-bond acceptors (Lipinski definition) is 5. The first-order chi connectivity index (χ1) is 12.6. The van der Waals surface area contributed by atoms with Crippen molar-refractivity contribution < 1.29 is 9.84 Å².